The first kappa shape index (κ1) is 16.0. The van der Waals surface area contributed by atoms with Crippen LogP contribution in [0.15, 0.2) is 0 Å². The molecule has 0 heteroatoms. The van der Waals surface area contributed by atoms with Crippen molar-refractivity contribution >= 4 is 0 Å². The Morgan fingerprint density at radius 2 is 1.12 bits per heavy atom. The van der Waals surface area contributed by atoms with Crippen molar-refractivity contribution in [1.29, 1.82) is 0 Å². The molecule has 0 aromatic rings. The third kappa shape index (κ3) is 4.89. The van der Waals surface area contributed by atoms with Crippen LogP contribution in [0.5, 0.6) is 0 Å². The minimum atomic E-state index is 0.821. The second kappa shape index (κ2) is 7.35. The van der Waals surface area contributed by atoms with Crippen LogP contribution in [0.2, 0.25) is 0 Å². The summed E-state index contributed by atoms with van der Waals surface area (Å²) in [6.07, 6.45) is 2.75. The van der Waals surface area contributed by atoms with E-state index in [1.54, 1.807) is 0 Å². The maximum absolute atomic E-state index is 2.44. The molecule has 0 amide bonds. The van der Waals surface area contributed by atoms with Crippen LogP contribution in [-0.2, 0) is 0 Å². The molecule has 0 rings (SSSR count). The van der Waals surface area contributed by atoms with Crippen molar-refractivity contribution in [2.45, 2.75) is 68.2 Å². The Morgan fingerprint density at radius 3 is 1.44 bits per heavy atom. The van der Waals surface area contributed by atoms with Crippen LogP contribution in [0.4, 0.5) is 0 Å². The molecule has 0 aliphatic carbocycles. The molecule has 0 aromatic heterocycles. The minimum absolute atomic E-state index is 0.821. The second-order valence-corrected chi connectivity index (χ2v) is 6.59. The zero-order valence-electron chi connectivity index (χ0n) is 12.9. The van der Waals surface area contributed by atoms with E-state index >= 15 is 0 Å². The molecule has 0 bridgehead atoms. The molecule has 98 valence electrons. The molecule has 0 aromatic carbocycles. The van der Waals surface area contributed by atoms with Gasteiger partial charge in [-0.2, -0.15) is 0 Å². The lowest BCUT2D eigenvalue weighted by Crippen LogP contribution is -2.23. The molecule has 0 aliphatic rings. The molecule has 16 heavy (non-hydrogen) atoms. The SMILES string of the molecule is CCC(CC(C)C(C)C(C)C)C(C)C(C)C. The average Bonchev–Trinajstić information content (AvgIpc) is 2.22. The first-order valence-electron chi connectivity index (χ1n) is 7.31. The smallest absolute Gasteiger partial charge is 0.0386 e. The lowest BCUT2D eigenvalue weighted by molar-refractivity contribution is 0.183. The van der Waals surface area contributed by atoms with Gasteiger partial charge < -0.3 is 0 Å². The summed E-state index contributed by atoms with van der Waals surface area (Å²) >= 11 is 0. The fourth-order valence-electron chi connectivity index (χ4n) is 2.65. The van der Waals surface area contributed by atoms with E-state index in [0.717, 1.165) is 35.5 Å². The second-order valence-electron chi connectivity index (χ2n) is 6.59. The molecular weight excluding hydrogens is 192 g/mol. The van der Waals surface area contributed by atoms with Crippen molar-refractivity contribution in [3.8, 4) is 0 Å². The zero-order chi connectivity index (χ0) is 12.9. The van der Waals surface area contributed by atoms with Crippen molar-refractivity contribution in [3.05, 3.63) is 0 Å². The Balaban J connectivity index is 4.32. The van der Waals surface area contributed by atoms with Crippen molar-refractivity contribution < 1.29 is 0 Å². The lowest BCUT2D eigenvalue weighted by Gasteiger charge is -2.32. The first-order chi connectivity index (χ1) is 7.31. The quantitative estimate of drug-likeness (QED) is 0.528. The minimum Gasteiger partial charge on any atom is -0.0651 e. The van der Waals surface area contributed by atoms with Gasteiger partial charge in [-0.15, -0.1) is 0 Å². The summed E-state index contributed by atoms with van der Waals surface area (Å²) in [7, 11) is 0. The summed E-state index contributed by atoms with van der Waals surface area (Å²) in [5.74, 6) is 5.15. The Morgan fingerprint density at radius 1 is 0.688 bits per heavy atom. The maximum atomic E-state index is 2.44. The van der Waals surface area contributed by atoms with Crippen molar-refractivity contribution in [1.82, 2.24) is 0 Å². The van der Waals surface area contributed by atoms with E-state index in [1.165, 1.54) is 12.8 Å². The van der Waals surface area contributed by atoms with E-state index in [9.17, 15) is 0 Å². The summed E-state index contributed by atoms with van der Waals surface area (Å²) in [6.45, 7) is 19.1. The van der Waals surface area contributed by atoms with Gasteiger partial charge in [-0.3, -0.25) is 0 Å². The van der Waals surface area contributed by atoms with Crippen molar-refractivity contribution in [2.75, 3.05) is 0 Å². The van der Waals surface area contributed by atoms with Gasteiger partial charge in [-0.25, -0.2) is 0 Å². The molecular formula is C16H34. The number of hydrogen-bond donors (Lipinski definition) is 0. The van der Waals surface area contributed by atoms with E-state index in [0.29, 0.717) is 0 Å². The largest absolute Gasteiger partial charge is 0.0651 e. The van der Waals surface area contributed by atoms with Crippen LogP contribution in [0, 0.1) is 35.5 Å². The summed E-state index contributed by atoms with van der Waals surface area (Å²) < 4.78 is 0. The van der Waals surface area contributed by atoms with Crippen LogP contribution in [0.3, 0.4) is 0 Å². The highest BCUT2D eigenvalue weighted by molar-refractivity contribution is 4.74. The van der Waals surface area contributed by atoms with Crippen molar-refractivity contribution in [2.24, 2.45) is 35.5 Å². The zero-order valence-corrected chi connectivity index (χ0v) is 12.9. The predicted octanol–water partition coefficient (Wildman–Crippen LogP) is 5.62. The van der Waals surface area contributed by atoms with Crippen molar-refractivity contribution in [3.63, 3.8) is 0 Å². The Hall–Kier alpha value is 0. The summed E-state index contributed by atoms with van der Waals surface area (Å²) in [4.78, 5) is 0. The lowest BCUT2D eigenvalue weighted by atomic mass is 9.74. The molecule has 0 spiro atoms. The molecule has 0 radical (unpaired) electrons. The van der Waals surface area contributed by atoms with E-state index in [1.807, 2.05) is 0 Å². The van der Waals surface area contributed by atoms with Crippen LogP contribution in [0.1, 0.15) is 68.2 Å². The van der Waals surface area contributed by atoms with E-state index < -0.39 is 0 Å². The van der Waals surface area contributed by atoms with E-state index in [4.69, 9.17) is 0 Å². The van der Waals surface area contributed by atoms with Crippen LogP contribution in [0.25, 0.3) is 0 Å². The topological polar surface area (TPSA) is 0 Å². The average molecular weight is 226 g/mol. The van der Waals surface area contributed by atoms with Crippen LogP contribution >= 0.6 is 0 Å². The Labute approximate surface area is 104 Å². The molecule has 0 nitrogen and oxygen atoms in total. The highest BCUT2D eigenvalue weighted by Gasteiger charge is 2.24. The summed E-state index contributed by atoms with van der Waals surface area (Å²) in [5, 5.41) is 0. The molecule has 0 fully saturated rings. The molecule has 0 N–H and O–H groups in total. The fourth-order valence-corrected chi connectivity index (χ4v) is 2.65. The summed E-state index contributed by atoms with van der Waals surface area (Å²) in [6, 6.07) is 0. The number of rotatable bonds is 7. The molecule has 0 saturated heterocycles. The monoisotopic (exact) mass is 226 g/mol. The first-order valence-corrected chi connectivity index (χ1v) is 7.31. The highest BCUT2D eigenvalue weighted by atomic mass is 14.3. The standard InChI is InChI=1S/C16H34/c1-9-16(15(8)12(4)5)10-13(6)14(7)11(2)3/h11-16H,9-10H2,1-8H3. The van der Waals surface area contributed by atoms with E-state index in [-0.39, 0.29) is 0 Å². The third-order valence-corrected chi connectivity index (χ3v) is 4.94. The van der Waals surface area contributed by atoms with Gasteiger partial charge in [0, 0.05) is 0 Å². The van der Waals surface area contributed by atoms with Gasteiger partial charge in [0.15, 0.2) is 0 Å². The van der Waals surface area contributed by atoms with Gasteiger partial charge >= 0.3 is 0 Å². The van der Waals surface area contributed by atoms with E-state index in [2.05, 4.69) is 55.4 Å². The Bertz CT molecular complexity index is 169. The van der Waals surface area contributed by atoms with Gasteiger partial charge in [0.05, 0.1) is 0 Å². The molecule has 4 atom stereocenters. The van der Waals surface area contributed by atoms with Gasteiger partial charge in [0.2, 0.25) is 0 Å². The maximum Gasteiger partial charge on any atom is -0.0386 e. The highest BCUT2D eigenvalue weighted by Crippen LogP contribution is 2.33. The van der Waals surface area contributed by atoms with Gasteiger partial charge in [-0.1, -0.05) is 61.8 Å². The Kier molecular flexibility index (Phi) is 7.35. The normalized spacial score (nSPS) is 19.9. The third-order valence-electron chi connectivity index (χ3n) is 4.94. The molecule has 4 unspecified atom stereocenters. The molecule has 0 aliphatic heterocycles. The fraction of sp³-hybridized carbons (Fsp3) is 1.00. The molecule has 0 saturated carbocycles. The summed E-state index contributed by atoms with van der Waals surface area (Å²) in [5.41, 5.74) is 0. The van der Waals surface area contributed by atoms with Gasteiger partial charge in [-0.05, 0) is 41.9 Å². The van der Waals surface area contributed by atoms with Crippen LogP contribution in [-0.4, -0.2) is 0 Å². The predicted molar refractivity (Wildman–Crippen MR) is 75.6 cm³/mol. The van der Waals surface area contributed by atoms with Gasteiger partial charge in [0.1, 0.15) is 0 Å². The number of hydrogen-bond acceptors (Lipinski definition) is 0. The van der Waals surface area contributed by atoms with Crippen LogP contribution < -0.4 is 0 Å². The molecule has 0 heterocycles. The van der Waals surface area contributed by atoms with Gasteiger partial charge in [0.25, 0.3) is 0 Å².